The number of ether oxygens (including phenoxy) is 9. The van der Waals surface area contributed by atoms with E-state index in [4.69, 9.17) is 47.0 Å². The number of aliphatic hydroxyl groups is 2. The van der Waals surface area contributed by atoms with Crippen LogP contribution < -0.4 is 0 Å². The fourth-order valence-electron chi connectivity index (χ4n) is 9.66. The number of hydrogen-bond donors (Lipinski definition) is 2. The molecule has 4 bridgehead atoms. The summed E-state index contributed by atoms with van der Waals surface area (Å²) in [5.41, 5.74) is -14.0. The van der Waals surface area contributed by atoms with Crippen molar-refractivity contribution in [3.63, 3.8) is 0 Å². The number of fused-ring (bicyclic) bond motifs is 5. The molecule has 2 aliphatic heterocycles. The van der Waals surface area contributed by atoms with Gasteiger partial charge in [-0.15, -0.1) is 0 Å². The van der Waals surface area contributed by atoms with Gasteiger partial charge in [0, 0.05) is 46.7 Å². The molecule has 21 nitrogen and oxygen atoms in total. The Balaban J connectivity index is 1.80. The molecule has 2 saturated carbocycles. The maximum Gasteiger partial charge on any atom is 0.341 e. The lowest BCUT2D eigenvalue weighted by molar-refractivity contribution is -0.387. The quantitative estimate of drug-likeness (QED) is 0.277. The number of pyridine rings is 1. The topological polar surface area (TPSA) is 286 Å². The summed E-state index contributed by atoms with van der Waals surface area (Å²) in [5.74, 6) is -12.2. The Hall–Kier alpha value is -5.93. The molecule has 0 aromatic carbocycles. The zero-order valence-corrected chi connectivity index (χ0v) is 35.2. The van der Waals surface area contributed by atoms with Crippen molar-refractivity contribution in [1.29, 1.82) is 0 Å². The smallest absolute Gasteiger partial charge is 0.341 e. The number of cyclic esters (lactones) is 1. The highest BCUT2D eigenvalue weighted by Gasteiger charge is 2.92. The van der Waals surface area contributed by atoms with Crippen LogP contribution in [0.15, 0.2) is 41.3 Å². The number of nitrogens with zero attached hydrogens (tertiary/aromatic N) is 1. The molecular weight excluding hydrogens is 826 g/mol. The van der Waals surface area contributed by atoms with Crippen molar-refractivity contribution in [3.05, 3.63) is 53.7 Å². The van der Waals surface area contributed by atoms with Crippen LogP contribution in [0.25, 0.3) is 0 Å². The number of esters is 8. The lowest BCUT2D eigenvalue weighted by atomic mass is 9.45. The van der Waals surface area contributed by atoms with E-state index in [1.54, 1.807) is 0 Å². The van der Waals surface area contributed by atoms with Gasteiger partial charge in [0.1, 0.15) is 48.3 Å². The van der Waals surface area contributed by atoms with Crippen molar-refractivity contribution in [1.82, 2.24) is 4.98 Å². The first kappa shape index (κ1) is 45.6. The molecular formula is C41H47NO20. The molecule has 0 unspecified atom stereocenters. The molecule has 2 aromatic rings. The highest BCUT2D eigenvalue weighted by atomic mass is 16.7. The summed E-state index contributed by atoms with van der Waals surface area (Å²) in [6, 6.07) is 3.92. The Morgan fingerprint density at radius 2 is 1.37 bits per heavy atom. The van der Waals surface area contributed by atoms with Crippen molar-refractivity contribution in [2.24, 2.45) is 11.3 Å². The van der Waals surface area contributed by atoms with Crippen LogP contribution in [0.5, 0.6) is 0 Å². The summed E-state index contributed by atoms with van der Waals surface area (Å²) >= 11 is 0. The van der Waals surface area contributed by atoms with E-state index < -0.39 is 137 Å². The summed E-state index contributed by atoms with van der Waals surface area (Å²) in [7, 11) is 0. The van der Waals surface area contributed by atoms with Crippen molar-refractivity contribution in [2.75, 3.05) is 13.2 Å². The minimum Gasteiger partial charge on any atom is -0.472 e. The molecule has 0 amide bonds. The van der Waals surface area contributed by atoms with E-state index in [0.717, 1.165) is 61.0 Å². The SMILES string of the molecule is CC(=O)O[C@@H]1[C@@H]2[C@@H](OC(C)=O)[C@@]34O[C@@]2(C)COC(=O)c2cccnc2[C@@H](C)[C@](C)(O)C(=O)O[C@@H]([C@H](OC(C)=O)[C@H](OC(C)=O)[C@@]3(COC(=O)c2ccoc2)[C@@H]1OC(C)=O)[C@]4(C)O. The summed E-state index contributed by atoms with van der Waals surface area (Å²) in [4.78, 5) is 113. The van der Waals surface area contributed by atoms with Gasteiger partial charge in [-0.05, 0) is 39.0 Å². The molecule has 4 heterocycles. The van der Waals surface area contributed by atoms with E-state index in [0.29, 0.717) is 0 Å². The van der Waals surface area contributed by atoms with Crippen LogP contribution in [-0.4, -0.2) is 135 Å². The number of furan rings is 1. The van der Waals surface area contributed by atoms with Crippen LogP contribution in [0.3, 0.4) is 0 Å². The molecule has 4 aliphatic rings. The van der Waals surface area contributed by atoms with Crippen molar-refractivity contribution >= 4 is 47.8 Å². The molecule has 6 rings (SSSR count). The molecule has 1 saturated heterocycles. The zero-order valence-electron chi connectivity index (χ0n) is 35.2. The molecule has 62 heavy (non-hydrogen) atoms. The Bertz CT molecular complexity index is 2170. The Morgan fingerprint density at radius 1 is 0.806 bits per heavy atom. The molecule has 13 atom stereocenters. The van der Waals surface area contributed by atoms with E-state index in [1.807, 2.05) is 0 Å². The molecule has 1 spiro atoms. The van der Waals surface area contributed by atoms with Gasteiger partial charge in [0.05, 0.1) is 29.0 Å². The van der Waals surface area contributed by atoms with E-state index in [-0.39, 0.29) is 16.8 Å². The van der Waals surface area contributed by atoms with E-state index in [2.05, 4.69) is 4.98 Å². The van der Waals surface area contributed by atoms with Gasteiger partial charge in [-0.3, -0.25) is 29.0 Å². The van der Waals surface area contributed by atoms with Crippen LogP contribution >= 0.6 is 0 Å². The van der Waals surface area contributed by atoms with E-state index in [1.165, 1.54) is 38.2 Å². The molecule has 2 aromatic heterocycles. The highest BCUT2D eigenvalue weighted by Crippen LogP contribution is 2.70. The van der Waals surface area contributed by atoms with Crippen molar-refractivity contribution in [3.8, 4) is 0 Å². The molecule has 2 aliphatic carbocycles. The third-order valence-electron chi connectivity index (χ3n) is 12.2. The molecule has 3 fully saturated rings. The van der Waals surface area contributed by atoms with Crippen LogP contribution in [0, 0.1) is 11.3 Å². The third kappa shape index (κ3) is 7.14. The molecule has 336 valence electrons. The molecule has 2 N–H and O–H groups in total. The number of rotatable bonds is 8. The average Bonchev–Trinajstić information content (AvgIpc) is 3.79. The maximum atomic E-state index is 14.5. The second-order valence-electron chi connectivity index (χ2n) is 16.4. The monoisotopic (exact) mass is 873 g/mol. The van der Waals surface area contributed by atoms with Gasteiger partial charge in [0.2, 0.25) is 0 Å². The fraction of sp³-hybridized carbons (Fsp3) is 0.585. The first-order valence-electron chi connectivity index (χ1n) is 19.4. The predicted molar refractivity (Wildman–Crippen MR) is 199 cm³/mol. The van der Waals surface area contributed by atoms with Crippen LogP contribution in [-0.2, 0) is 71.4 Å². The van der Waals surface area contributed by atoms with Crippen LogP contribution in [0.1, 0.15) is 94.6 Å². The Labute approximate surface area is 353 Å². The summed E-state index contributed by atoms with van der Waals surface area (Å²) in [5, 5.41) is 25.5. The van der Waals surface area contributed by atoms with Gasteiger partial charge in [-0.25, -0.2) is 14.4 Å². The minimum absolute atomic E-state index is 0.141. The summed E-state index contributed by atoms with van der Waals surface area (Å²) < 4.78 is 59.7. The summed E-state index contributed by atoms with van der Waals surface area (Å²) in [6.07, 6.45) is -9.37. The van der Waals surface area contributed by atoms with Crippen LogP contribution in [0.4, 0.5) is 0 Å². The third-order valence-corrected chi connectivity index (χ3v) is 12.2. The Kier molecular flexibility index (Phi) is 11.8. The van der Waals surface area contributed by atoms with Gasteiger partial charge < -0.3 is 57.3 Å². The number of carbonyl (C=O) groups is 8. The minimum atomic E-state index is -3.00. The van der Waals surface area contributed by atoms with Gasteiger partial charge in [-0.1, -0.05) is 6.92 Å². The van der Waals surface area contributed by atoms with Crippen molar-refractivity contribution < 1.29 is 95.6 Å². The molecule has 21 heteroatoms. The normalized spacial score (nSPS) is 37.3. The average molecular weight is 874 g/mol. The number of hydrogen-bond acceptors (Lipinski definition) is 21. The van der Waals surface area contributed by atoms with E-state index in [9.17, 15) is 48.6 Å². The van der Waals surface area contributed by atoms with Crippen molar-refractivity contribution in [2.45, 2.75) is 127 Å². The lowest BCUT2D eigenvalue weighted by Crippen LogP contribution is -2.89. The summed E-state index contributed by atoms with van der Waals surface area (Å²) in [6.45, 7) is 7.41. The second-order valence-corrected chi connectivity index (χ2v) is 16.4. The standard InChI is InChI=1S/C41H47NO20/c1-18-27-25(11-10-13-42-27)35(49)54-16-37(7)26-28(56-19(2)43)32(59-22(5)46)40(17-55-34(48)24-12-14-53-15-24)33(60-23(6)47)29(57-20(3)44)31(61-36(50)38(18,8)51)39(9,52)41(40,62-37)30(26)58-21(4)45/h10-15,18,26,28-33,51-52H,16-17H2,1-9H3/t18-,26-,28-,29+,30-,31+,32-,33+,37+,38+,39+,40-,41+/m1/s1. The fourth-order valence-corrected chi connectivity index (χ4v) is 9.66. The number of aromatic nitrogens is 1. The van der Waals surface area contributed by atoms with Gasteiger partial charge in [0.15, 0.2) is 35.6 Å². The highest BCUT2D eigenvalue weighted by molar-refractivity contribution is 5.92. The van der Waals surface area contributed by atoms with Crippen LogP contribution in [0.2, 0.25) is 0 Å². The first-order valence-corrected chi connectivity index (χ1v) is 19.4. The van der Waals surface area contributed by atoms with Gasteiger partial charge in [-0.2, -0.15) is 0 Å². The Morgan fingerprint density at radius 3 is 1.94 bits per heavy atom. The van der Waals surface area contributed by atoms with E-state index >= 15 is 0 Å². The second kappa shape index (κ2) is 16.1. The zero-order chi connectivity index (χ0) is 45.9. The maximum absolute atomic E-state index is 14.5. The first-order chi connectivity index (χ1) is 28.9. The van der Waals surface area contributed by atoms with Gasteiger partial charge >= 0.3 is 47.8 Å². The van der Waals surface area contributed by atoms with Gasteiger partial charge in [0.25, 0.3) is 0 Å². The molecule has 0 radical (unpaired) electrons. The lowest BCUT2D eigenvalue weighted by Gasteiger charge is -2.67. The number of carbonyl (C=O) groups excluding carboxylic acids is 8. The predicted octanol–water partition coefficient (Wildman–Crippen LogP) is 1.04. The largest absolute Gasteiger partial charge is 0.472 e.